The molecule has 0 unspecified atom stereocenters. The molecule has 0 radical (unpaired) electrons. The van der Waals surface area contributed by atoms with Gasteiger partial charge in [-0.25, -0.2) is 4.90 Å². The fraction of sp³-hybridized carbons (Fsp3) is 0. The number of hydrazine groups is 2. The third-order valence-corrected chi connectivity index (χ3v) is 11.3. The van der Waals surface area contributed by atoms with Gasteiger partial charge in [0.25, 0.3) is 42.2 Å². The predicted molar refractivity (Wildman–Crippen MR) is 202 cm³/mol. The van der Waals surface area contributed by atoms with Gasteiger partial charge in [-0.2, -0.15) is 25.3 Å². The Morgan fingerprint density at radius 1 is 0.564 bits per heavy atom. The van der Waals surface area contributed by atoms with Gasteiger partial charge in [0.05, 0.1) is 44.5 Å². The molecular weight excluding hydrogens is 781 g/mol. The number of phenolic OH excluding ortho intramolecular Hbond substituents is 1. The van der Waals surface area contributed by atoms with Crippen molar-refractivity contribution in [3.8, 4) is 5.75 Å². The third kappa shape index (κ3) is 6.78. The lowest BCUT2D eigenvalue weighted by molar-refractivity contribution is 0.0926. The van der Waals surface area contributed by atoms with Crippen molar-refractivity contribution in [1.82, 2.24) is 0 Å². The van der Waals surface area contributed by atoms with Crippen LogP contribution in [-0.2, 0) is 30.4 Å². The summed E-state index contributed by atoms with van der Waals surface area (Å²) >= 11 is 0. The number of benzene rings is 6. The molecule has 0 bridgehead atoms. The number of carbonyl (C=O) groups excluding carboxylic acids is 2. The smallest absolute Gasteiger partial charge is 0.296 e. The van der Waals surface area contributed by atoms with E-state index in [0.717, 1.165) is 35.2 Å². The molecule has 0 saturated carbocycles. The molecule has 282 valence electrons. The maximum Gasteiger partial charge on any atom is 0.296 e. The van der Waals surface area contributed by atoms with Crippen LogP contribution in [0.2, 0.25) is 0 Å². The van der Waals surface area contributed by atoms with E-state index < -0.39 is 74.0 Å². The number of hydrogen-bond donors (Lipinski definition) is 9. The lowest BCUT2D eigenvalue weighted by Crippen LogP contribution is -2.29. The molecule has 6 aromatic carbocycles. The van der Waals surface area contributed by atoms with Gasteiger partial charge >= 0.3 is 0 Å². The summed E-state index contributed by atoms with van der Waals surface area (Å²) in [6.07, 6.45) is 0. The average molecular weight is 807 g/mol. The van der Waals surface area contributed by atoms with Crippen LogP contribution in [-0.4, -0.2) is 55.8 Å². The zero-order chi connectivity index (χ0) is 39.6. The molecule has 1 aliphatic heterocycles. The summed E-state index contributed by atoms with van der Waals surface area (Å²) in [7, 11) is -14.7. The van der Waals surface area contributed by atoms with Gasteiger partial charge in [0.15, 0.2) is 0 Å². The Bertz CT molecular complexity index is 2940. The van der Waals surface area contributed by atoms with Crippen LogP contribution in [0.3, 0.4) is 0 Å². The van der Waals surface area contributed by atoms with Crippen LogP contribution in [0.4, 0.5) is 34.1 Å². The Morgan fingerprint density at radius 3 is 1.71 bits per heavy atom. The van der Waals surface area contributed by atoms with E-state index in [1.54, 1.807) is 48.5 Å². The molecule has 0 atom stereocenters. The predicted octanol–water partition coefficient (Wildman–Crippen LogP) is 4.70. The Balaban J connectivity index is 1.20. The van der Waals surface area contributed by atoms with Gasteiger partial charge in [-0.3, -0.25) is 28.7 Å². The van der Waals surface area contributed by atoms with E-state index in [4.69, 9.17) is 5.73 Å². The zero-order valence-corrected chi connectivity index (χ0v) is 30.0. The molecule has 55 heavy (non-hydrogen) atoms. The minimum atomic E-state index is -5.12. The minimum Gasteiger partial charge on any atom is -0.505 e. The van der Waals surface area contributed by atoms with Crippen molar-refractivity contribution < 1.29 is 53.6 Å². The Kier molecular flexibility index (Phi) is 8.79. The van der Waals surface area contributed by atoms with Gasteiger partial charge in [-0.05, 0) is 84.2 Å². The molecule has 1 heterocycles. The summed E-state index contributed by atoms with van der Waals surface area (Å²) < 4.78 is 102. The second-order valence-corrected chi connectivity index (χ2v) is 16.2. The Morgan fingerprint density at radius 2 is 1.13 bits per heavy atom. The van der Waals surface area contributed by atoms with Gasteiger partial charge in [-0.15, -0.1) is 0 Å². The molecule has 18 nitrogen and oxygen atoms in total. The number of phenols is 1. The van der Waals surface area contributed by atoms with Gasteiger partial charge in [-0.1, -0.05) is 18.2 Å². The summed E-state index contributed by atoms with van der Waals surface area (Å²) in [4.78, 5) is 24.6. The SMILES string of the molecule is Nc1cc2c(O)c(NNc3ccc(NNc4ccc(N5C(=O)c6ccccc6C5=O)cc4)c4ccc(S(=O)(=O)O)cc34)c(S(=O)(=O)O)cc2cc1S(=O)(=O)O. The van der Waals surface area contributed by atoms with Crippen molar-refractivity contribution >= 4 is 97.8 Å². The molecule has 0 fully saturated rings. The number of nitrogens with two attached hydrogens (primary N) is 1. The maximum absolute atomic E-state index is 12.9. The number of fused-ring (bicyclic) bond motifs is 3. The monoisotopic (exact) mass is 806 g/mol. The topological polar surface area (TPSA) is 295 Å². The lowest BCUT2D eigenvalue weighted by atomic mass is 10.1. The summed E-state index contributed by atoms with van der Waals surface area (Å²) in [5.41, 5.74) is 17.6. The number of rotatable bonds is 10. The molecule has 0 saturated heterocycles. The number of imide groups is 1. The summed E-state index contributed by atoms with van der Waals surface area (Å²) in [5.74, 6) is -1.73. The highest BCUT2D eigenvalue weighted by molar-refractivity contribution is 7.86. The van der Waals surface area contributed by atoms with Crippen molar-refractivity contribution in [2.24, 2.45) is 0 Å². The average Bonchev–Trinajstić information content (AvgIpc) is 3.38. The van der Waals surface area contributed by atoms with Crippen molar-refractivity contribution in [3.05, 3.63) is 108 Å². The fourth-order valence-corrected chi connectivity index (χ4v) is 7.86. The van der Waals surface area contributed by atoms with Gasteiger partial charge in [0.2, 0.25) is 0 Å². The molecule has 10 N–H and O–H groups in total. The van der Waals surface area contributed by atoms with Crippen LogP contribution >= 0.6 is 0 Å². The molecule has 1 aliphatic rings. The molecule has 0 aliphatic carbocycles. The standard InChI is InChI=1S/C34H26N6O12S3/c35-26-16-24-17(13-29(26)54(47,48)49)14-30(55(50,51)52)31(32(24)41)39-38-28-12-11-27(21-10-9-20(15-25(21)28)53(44,45)46)37-36-18-5-7-19(8-6-18)40-33(42)22-3-1-2-4-23(22)34(40)43/h1-16,36-39,41H,35H2,(H,44,45,46)(H,47,48,49)(H,50,51,52). The Hall–Kier alpha value is -6.49. The van der Waals surface area contributed by atoms with Crippen LogP contribution in [0, 0.1) is 0 Å². The third-order valence-electron chi connectivity index (χ3n) is 8.63. The molecule has 6 aromatic rings. The number of nitrogen functional groups attached to an aromatic ring is 1. The number of carbonyl (C=O) groups is 2. The molecule has 2 amide bonds. The number of nitrogens with zero attached hydrogens (tertiary/aromatic N) is 1. The largest absolute Gasteiger partial charge is 0.505 e. The van der Waals surface area contributed by atoms with Crippen LogP contribution in [0.25, 0.3) is 21.5 Å². The van der Waals surface area contributed by atoms with E-state index in [1.807, 2.05) is 0 Å². The first kappa shape index (κ1) is 36.9. The van der Waals surface area contributed by atoms with Crippen LogP contribution in [0.1, 0.15) is 20.7 Å². The fourth-order valence-electron chi connectivity index (χ4n) is 6.04. The Labute approximate surface area is 311 Å². The molecule has 7 rings (SSSR count). The number of hydrogen-bond acceptors (Lipinski definition) is 14. The summed E-state index contributed by atoms with van der Waals surface area (Å²) in [6.45, 7) is 0. The van der Waals surface area contributed by atoms with E-state index in [2.05, 4.69) is 21.7 Å². The van der Waals surface area contributed by atoms with Crippen LogP contribution < -0.4 is 32.3 Å². The first-order chi connectivity index (χ1) is 25.8. The molecule has 0 spiro atoms. The van der Waals surface area contributed by atoms with Gasteiger partial charge in [0, 0.05) is 16.2 Å². The van der Waals surface area contributed by atoms with Crippen molar-refractivity contribution in [1.29, 1.82) is 0 Å². The summed E-state index contributed by atoms with van der Waals surface area (Å²) in [5, 5.41) is 11.2. The number of amides is 2. The number of aromatic hydroxyl groups is 1. The van der Waals surface area contributed by atoms with Gasteiger partial charge in [0.1, 0.15) is 21.2 Å². The lowest BCUT2D eigenvalue weighted by Gasteiger charge is -2.19. The second-order valence-electron chi connectivity index (χ2n) is 12.0. The molecular formula is C34H26N6O12S3. The molecule has 21 heteroatoms. The van der Waals surface area contributed by atoms with Crippen molar-refractivity contribution in [2.75, 3.05) is 32.3 Å². The molecule has 0 aromatic heterocycles. The first-order valence-corrected chi connectivity index (χ1v) is 19.9. The van der Waals surface area contributed by atoms with Crippen molar-refractivity contribution in [2.45, 2.75) is 14.7 Å². The second kappa shape index (κ2) is 13.1. The highest BCUT2D eigenvalue weighted by Gasteiger charge is 2.36. The highest BCUT2D eigenvalue weighted by Crippen LogP contribution is 2.41. The quantitative estimate of drug-likeness (QED) is 0.0298. The summed E-state index contributed by atoms with van der Waals surface area (Å²) in [6, 6.07) is 21.9. The normalized spacial score (nSPS) is 13.3. The van der Waals surface area contributed by atoms with Crippen LogP contribution in [0.5, 0.6) is 5.75 Å². The van der Waals surface area contributed by atoms with Crippen LogP contribution in [0.15, 0.2) is 112 Å². The van der Waals surface area contributed by atoms with E-state index >= 15 is 0 Å². The van der Waals surface area contributed by atoms with E-state index in [0.29, 0.717) is 33.6 Å². The van der Waals surface area contributed by atoms with Crippen molar-refractivity contribution in [3.63, 3.8) is 0 Å². The first-order valence-electron chi connectivity index (χ1n) is 15.5. The number of nitrogens with one attached hydrogen (secondary N) is 4. The minimum absolute atomic E-state index is 0.0679. The van der Waals surface area contributed by atoms with E-state index in [1.165, 1.54) is 18.2 Å². The van der Waals surface area contributed by atoms with E-state index in [9.17, 15) is 53.6 Å². The zero-order valence-electron chi connectivity index (χ0n) is 27.5. The van der Waals surface area contributed by atoms with Gasteiger partial charge < -0.3 is 27.1 Å². The number of anilines is 6. The van der Waals surface area contributed by atoms with E-state index in [-0.39, 0.29) is 21.8 Å². The highest BCUT2D eigenvalue weighted by atomic mass is 32.2. The maximum atomic E-state index is 12.9.